The van der Waals surface area contributed by atoms with E-state index in [0.29, 0.717) is 6.04 Å². The molecule has 3 nitrogen and oxygen atoms in total. The molecule has 18 heavy (non-hydrogen) atoms. The van der Waals surface area contributed by atoms with Crippen LogP contribution in [0.15, 0.2) is 30.5 Å². The Bertz CT molecular complexity index is 573. The number of aromatic amines is 1. The normalized spacial score (nSPS) is 23.4. The lowest BCUT2D eigenvalue weighted by Crippen LogP contribution is -2.32. The summed E-state index contributed by atoms with van der Waals surface area (Å²) < 4.78 is 0. The van der Waals surface area contributed by atoms with E-state index in [4.69, 9.17) is 0 Å². The zero-order chi connectivity index (χ0) is 12.5. The number of fused-ring (bicyclic) bond motifs is 1. The highest BCUT2D eigenvalue weighted by Gasteiger charge is 2.23. The average molecular weight is 242 g/mol. The molecule has 1 aliphatic rings. The van der Waals surface area contributed by atoms with E-state index in [1.54, 1.807) is 0 Å². The third-order valence-corrected chi connectivity index (χ3v) is 3.85. The number of hydrogen-bond donors (Lipinski definition) is 2. The standard InChI is InChI=1S/C15H18N2O/c1-10-2-5-13(8-10)17-15(18)12-4-3-11-6-7-16-14(11)9-12/h3-4,6-7,9-10,13,16H,2,5,8H2,1H3,(H,17,18). The molecule has 1 aromatic heterocycles. The summed E-state index contributed by atoms with van der Waals surface area (Å²) in [5, 5.41) is 4.27. The second-order valence-electron chi connectivity index (χ2n) is 5.37. The van der Waals surface area contributed by atoms with Gasteiger partial charge in [0.2, 0.25) is 0 Å². The van der Waals surface area contributed by atoms with Crippen LogP contribution >= 0.6 is 0 Å². The van der Waals surface area contributed by atoms with Gasteiger partial charge in [0.1, 0.15) is 0 Å². The third-order valence-electron chi connectivity index (χ3n) is 3.85. The second-order valence-corrected chi connectivity index (χ2v) is 5.37. The molecule has 2 aromatic rings. The molecular weight excluding hydrogens is 224 g/mol. The van der Waals surface area contributed by atoms with Gasteiger partial charge in [-0.3, -0.25) is 4.79 Å². The fourth-order valence-corrected chi connectivity index (χ4v) is 2.80. The van der Waals surface area contributed by atoms with Crippen molar-refractivity contribution in [1.29, 1.82) is 0 Å². The van der Waals surface area contributed by atoms with Gasteiger partial charge in [0.05, 0.1) is 0 Å². The minimum atomic E-state index is 0.0469. The van der Waals surface area contributed by atoms with Crippen LogP contribution in [0.4, 0.5) is 0 Å². The molecule has 2 atom stereocenters. The fraction of sp³-hybridized carbons (Fsp3) is 0.400. The number of H-pyrrole nitrogens is 1. The maximum absolute atomic E-state index is 12.1. The third kappa shape index (κ3) is 2.13. The summed E-state index contributed by atoms with van der Waals surface area (Å²) in [6, 6.07) is 8.16. The quantitative estimate of drug-likeness (QED) is 0.835. The van der Waals surface area contributed by atoms with E-state index in [0.717, 1.165) is 35.2 Å². The van der Waals surface area contributed by atoms with E-state index >= 15 is 0 Å². The van der Waals surface area contributed by atoms with Gasteiger partial charge in [0, 0.05) is 23.3 Å². The van der Waals surface area contributed by atoms with E-state index in [9.17, 15) is 4.79 Å². The molecule has 3 heteroatoms. The summed E-state index contributed by atoms with van der Waals surface area (Å²) in [5.74, 6) is 0.784. The predicted octanol–water partition coefficient (Wildman–Crippen LogP) is 3.09. The molecule has 0 aliphatic heterocycles. The van der Waals surface area contributed by atoms with Crippen molar-refractivity contribution < 1.29 is 4.79 Å². The first kappa shape index (κ1) is 11.3. The van der Waals surface area contributed by atoms with Gasteiger partial charge in [-0.1, -0.05) is 13.0 Å². The summed E-state index contributed by atoms with van der Waals surface area (Å²) in [6.07, 6.45) is 5.33. The Balaban J connectivity index is 1.75. The fourth-order valence-electron chi connectivity index (χ4n) is 2.80. The Hall–Kier alpha value is -1.77. The average Bonchev–Trinajstić information content (AvgIpc) is 2.96. The summed E-state index contributed by atoms with van der Waals surface area (Å²) in [5.41, 5.74) is 1.76. The summed E-state index contributed by atoms with van der Waals surface area (Å²) >= 11 is 0. The van der Waals surface area contributed by atoms with Gasteiger partial charge < -0.3 is 10.3 Å². The van der Waals surface area contributed by atoms with Gasteiger partial charge in [0.25, 0.3) is 5.91 Å². The van der Waals surface area contributed by atoms with Gasteiger partial charge in [-0.15, -0.1) is 0 Å². The molecule has 0 spiro atoms. The maximum Gasteiger partial charge on any atom is 0.251 e. The highest BCUT2D eigenvalue weighted by Crippen LogP contribution is 2.25. The largest absolute Gasteiger partial charge is 0.361 e. The van der Waals surface area contributed by atoms with Crippen LogP contribution < -0.4 is 5.32 Å². The van der Waals surface area contributed by atoms with Gasteiger partial charge in [-0.05, 0) is 48.8 Å². The number of carbonyl (C=O) groups is 1. The molecule has 0 saturated heterocycles. The Morgan fingerprint density at radius 2 is 2.22 bits per heavy atom. The molecule has 1 amide bonds. The number of hydrogen-bond acceptors (Lipinski definition) is 1. The van der Waals surface area contributed by atoms with Crippen molar-refractivity contribution in [3.63, 3.8) is 0 Å². The van der Waals surface area contributed by atoms with Crippen molar-refractivity contribution in [2.75, 3.05) is 0 Å². The molecule has 1 saturated carbocycles. The lowest BCUT2D eigenvalue weighted by Gasteiger charge is -2.12. The smallest absolute Gasteiger partial charge is 0.251 e. The number of carbonyl (C=O) groups excluding carboxylic acids is 1. The maximum atomic E-state index is 12.1. The molecule has 1 aromatic carbocycles. The van der Waals surface area contributed by atoms with E-state index in [1.807, 2.05) is 30.5 Å². The lowest BCUT2D eigenvalue weighted by atomic mass is 10.1. The van der Waals surface area contributed by atoms with E-state index in [1.165, 1.54) is 6.42 Å². The molecule has 0 radical (unpaired) electrons. The highest BCUT2D eigenvalue weighted by atomic mass is 16.1. The van der Waals surface area contributed by atoms with Gasteiger partial charge in [-0.2, -0.15) is 0 Å². The van der Waals surface area contributed by atoms with Crippen LogP contribution in [0.1, 0.15) is 36.5 Å². The number of benzene rings is 1. The molecular formula is C15H18N2O. The Kier molecular flexibility index (Phi) is 2.82. The molecule has 2 unspecified atom stereocenters. The summed E-state index contributed by atoms with van der Waals surface area (Å²) in [7, 11) is 0. The first-order valence-electron chi connectivity index (χ1n) is 6.60. The minimum Gasteiger partial charge on any atom is -0.361 e. The zero-order valence-electron chi connectivity index (χ0n) is 10.6. The Morgan fingerprint density at radius 3 is 3.00 bits per heavy atom. The van der Waals surface area contributed by atoms with Crippen LogP contribution in [-0.2, 0) is 0 Å². The molecule has 0 bridgehead atoms. The van der Waals surface area contributed by atoms with Crippen molar-refractivity contribution >= 4 is 16.8 Å². The molecule has 2 N–H and O–H groups in total. The van der Waals surface area contributed by atoms with Crippen LogP contribution in [0.2, 0.25) is 0 Å². The first-order valence-corrected chi connectivity index (χ1v) is 6.60. The number of aromatic nitrogens is 1. The minimum absolute atomic E-state index is 0.0469. The zero-order valence-corrected chi connectivity index (χ0v) is 10.6. The summed E-state index contributed by atoms with van der Waals surface area (Å²) in [6.45, 7) is 2.25. The number of nitrogens with one attached hydrogen (secondary N) is 2. The van der Waals surface area contributed by atoms with Crippen LogP contribution in [-0.4, -0.2) is 16.9 Å². The van der Waals surface area contributed by atoms with Crippen LogP contribution in [0.25, 0.3) is 10.9 Å². The summed E-state index contributed by atoms with van der Waals surface area (Å²) in [4.78, 5) is 15.3. The Labute approximate surface area is 107 Å². The molecule has 1 fully saturated rings. The van der Waals surface area contributed by atoms with Crippen molar-refractivity contribution in [2.45, 2.75) is 32.2 Å². The highest BCUT2D eigenvalue weighted by molar-refractivity contribution is 5.98. The molecule has 1 aliphatic carbocycles. The van der Waals surface area contributed by atoms with Crippen LogP contribution in [0.3, 0.4) is 0 Å². The van der Waals surface area contributed by atoms with Gasteiger partial charge >= 0.3 is 0 Å². The first-order chi connectivity index (χ1) is 8.72. The van der Waals surface area contributed by atoms with Gasteiger partial charge in [-0.25, -0.2) is 0 Å². The Morgan fingerprint density at radius 1 is 1.33 bits per heavy atom. The topological polar surface area (TPSA) is 44.9 Å². The number of amides is 1. The SMILES string of the molecule is CC1CCC(NC(=O)c2ccc3cc[nH]c3c2)C1. The lowest BCUT2D eigenvalue weighted by molar-refractivity contribution is 0.0937. The van der Waals surface area contributed by atoms with E-state index in [2.05, 4.69) is 17.2 Å². The second kappa shape index (κ2) is 4.48. The van der Waals surface area contributed by atoms with E-state index in [-0.39, 0.29) is 5.91 Å². The van der Waals surface area contributed by atoms with Crippen molar-refractivity contribution in [3.05, 3.63) is 36.0 Å². The molecule has 3 rings (SSSR count). The van der Waals surface area contributed by atoms with Crippen LogP contribution in [0, 0.1) is 5.92 Å². The van der Waals surface area contributed by atoms with Crippen molar-refractivity contribution in [2.24, 2.45) is 5.92 Å². The number of rotatable bonds is 2. The van der Waals surface area contributed by atoms with Crippen molar-refractivity contribution in [1.82, 2.24) is 10.3 Å². The van der Waals surface area contributed by atoms with Crippen molar-refractivity contribution in [3.8, 4) is 0 Å². The van der Waals surface area contributed by atoms with Gasteiger partial charge in [0.15, 0.2) is 0 Å². The van der Waals surface area contributed by atoms with Crippen LogP contribution in [0.5, 0.6) is 0 Å². The predicted molar refractivity (Wildman–Crippen MR) is 72.6 cm³/mol. The molecule has 1 heterocycles. The van der Waals surface area contributed by atoms with E-state index < -0.39 is 0 Å². The monoisotopic (exact) mass is 242 g/mol. The molecule has 94 valence electrons.